The third-order valence-electron chi connectivity index (χ3n) is 5.59. The Morgan fingerprint density at radius 3 is 2.69 bits per heavy atom. The molecule has 0 spiro atoms. The highest BCUT2D eigenvalue weighted by molar-refractivity contribution is 7.09. The molecule has 0 radical (unpaired) electrons. The molecule has 0 aliphatic heterocycles. The molecule has 0 atom stereocenters. The number of aryl methyl sites for hydroxylation is 1. The molecule has 36 heavy (non-hydrogen) atoms. The number of nitrogens with one attached hydrogen (secondary N) is 2. The molecule has 0 saturated carbocycles. The van der Waals surface area contributed by atoms with Gasteiger partial charge < -0.3 is 10.6 Å². The van der Waals surface area contributed by atoms with Gasteiger partial charge in [-0.3, -0.25) is 9.59 Å². The molecule has 7 nitrogen and oxygen atoms in total. The Bertz CT molecular complexity index is 1560. The van der Waals surface area contributed by atoms with Crippen LogP contribution >= 0.6 is 11.3 Å². The van der Waals surface area contributed by atoms with Gasteiger partial charge >= 0.3 is 0 Å². The Balaban J connectivity index is 1.29. The first-order valence-electron chi connectivity index (χ1n) is 11.3. The van der Waals surface area contributed by atoms with Gasteiger partial charge in [-0.2, -0.15) is 5.10 Å². The molecule has 0 aliphatic rings. The van der Waals surface area contributed by atoms with E-state index in [1.807, 2.05) is 30.5 Å². The second-order valence-corrected chi connectivity index (χ2v) is 9.31. The number of thiophene rings is 1. The second kappa shape index (κ2) is 10.1. The fourth-order valence-electron chi connectivity index (χ4n) is 3.90. The van der Waals surface area contributed by atoms with E-state index in [0.29, 0.717) is 28.8 Å². The number of hydrogen-bond acceptors (Lipinski definition) is 5. The van der Waals surface area contributed by atoms with E-state index in [-0.39, 0.29) is 18.0 Å². The molecule has 0 saturated heterocycles. The molecule has 5 rings (SSSR count). The summed E-state index contributed by atoms with van der Waals surface area (Å²) in [5.41, 5.74) is 3.47. The van der Waals surface area contributed by atoms with Crippen molar-refractivity contribution in [3.05, 3.63) is 111 Å². The van der Waals surface area contributed by atoms with E-state index in [9.17, 15) is 14.0 Å². The van der Waals surface area contributed by atoms with Crippen LogP contribution in [0.1, 0.15) is 36.9 Å². The Hall–Kier alpha value is -4.37. The molecule has 0 unspecified atom stereocenters. The molecule has 0 aliphatic carbocycles. The normalized spacial score (nSPS) is 10.9. The Morgan fingerprint density at radius 2 is 1.89 bits per heavy atom. The second-order valence-electron chi connectivity index (χ2n) is 8.28. The topological polar surface area (TPSA) is 88.9 Å². The first-order valence-corrected chi connectivity index (χ1v) is 12.1. The van der Waals surface area contributed by atoms with E-state index in [1.165, 1.54) is 18.2 Å². The van der Waals surface area contributed by atoms with Crippen LogP contribution in [0.15, 0.2) is 78.3 Å². The molecule has 5 aromatic rings. The average molecular weight is 500 g/mol. The lowest BCUT2D eigenvalue weighted by atomic mass is 10.1. The fourth-order valence-corrected chi connectivity index (χ4v) is 4.58. The average Bonchev–Trinajstić information content (AvgIpc) is 3.53. The first kappa shape index (κ1) is 23.4. The Kier molecular flexibility index (Phi) is 6.55. The summed E-state index contributed by atoms with van der Waals surface area (Å²) in [5.74, 6) is -1.13. The van der Waals surface area contributed by atoms with Gasteiger partial charge in [-0.05, 0) is 60.3 Å². The maximum Gasteiger partial charge on any atom is 0.255 e. The highest BCUT2D eigenvalue weighted by atomic mass is 32.1. The fraction of sp³-hybridized carbons (Fsp3) is 0.111. The van der Waals surface area contributed by atoms with Crippen molar-refractivity contribution in [3.8, 4) is 0 Å². The lowest BCUT2D eigenvalue weighted by Crippen LogP contribution is -2.23. The lowest BCUT2D eigenvalue weighted by molar-refractivity contribution is 0.0951. The van der Waals surface area contributed by atoms with Crippen molar-refractivity contribution >= 4 is 39.9 Å². The molecule has 0 fully saturated rings. The predicted octanol–water partition coefficient (Wildman–Crippen LogP) is 5.17. The van der Waals surface area contributed by atoms with Crippen molar-refractivity contribution in [2.75, 3.05) is 5.32 Å². The van der Waals surface area contributed by atoms with Gasteiger partial charge in [0.05, 0.1) is 23.7 Å². The number of halogens is 1. The van der Waals surface area contributed by atoms with Crippen LogP contribution in [0, 0.1) is 12.7 Å². The number of aromatic nitrogens is 3. The highest BCUT2D eigenvalue weighted by Crippen LogP contribution is 2.21. The van der Waals surface area contributed by atoms with Crippen molar-refractivity contribution in [2.45, 2.75) is 20.0 Å². The van der Waals surface area contributed by atoms with Gasteiger partial charge in [0.1, 0.15) is 5.82 Å². The summed E-state index contributed by atoms with van der Waals surface area (Å²) in [6.07, 6.45) is 1.67. The monoisotopic (exact) mass is 499 g/mol. The predicted molar refractivity (Wildman–Crippen MR) is 138 cm³/mol. The van der Waals surface area contributed by atoms with Crippen LogP contribution in [0.5, 0.6) is 0 Å². The summed E-state index contributed by atoms with van der Waals surface area (Å²) >= 11 is 1.64. The van der Waals surface area contributed by atoms with E-state index >= 15 is 0 Å². The number of amides is 2. The van der Waals surface area contributed by atoms with E-state index in [1.54, 1.807) is 52.5 Å². The van der Waals surface area contributed by atoms with Crippen molar-refractivity contribution < 1.29 is 14.0 Å². The third kappa shape index (κ3) is 5.16. The number of fused-ring (bicyclic) bond motifs is 1. The molecular formula is C27H22FN5O2S. The zero-order valence-electron chi connectivity index (χ0n) is 19.4. The molecule has 2 N–H and O–H groups in total. The Labute approximate surface area is 210 Å². The third-order valence-corrected chi connectivity index (χ3v) is 6.45. The molecule has 3 heterocycles. The summed E-state index contributed by atoms with van der Waals surface area (Å²) in [6, 6.07) is 18.4. The smallest absolute Gasteiger partial charge is 0.255 e. The van der Waals surface area contributed by atoms with Gasteiger partial charge in [0.2, 0.25) is 0 Å². The standard InChI is InChI=1S/C27H22FN5O2S/c1-17-11-23(24-15-30-33(25(24)31-17)16-22-9-4-10-36-22)27(35)29-14-18-5-2-8-21(12-18)32-26(34)19-6-3-7-20(28)13-19/h2-13,15H,14,16H2,1H3,(H,29,35)(H,32,34). The van der Waals surface area contributed by atoms with Crippen LogP contribution in [0.4, 0.5) is 10.1 Å². The van der Waals surface area contributed by atoms with Gasteiger partial charge in [0.25, 0.3) is 11.8 Å². The molecular weight excluding hydrogens is 477 g/mol. The zero-order chi connectivity index (χ0) is 25.1. The summed E-state index contributed by atoms with van der Waals surface area (Å²) in [6.45, 7) is 2.70. The molecule has 0 bridgehead atoms. The SMILES string of the molecule is Cc1cc(C(=O)NCc2cccc(NC(=O)c3cccc(F)c3)c2)c2cnn(Cc3cccs3)c2n1. The summed E-state index contributed by atoms with van der Waals surface area (Å²) in [5, 5.41) is 12.9. The van der Waals surface area contributed by atoms with Gasteiger partial charge in [-0.15, -0.1) is 11.3 Å². The van der Waals surface area contributed by atoms with Gasteiger partial charge in [0.15, 0.2) is 5.65 Å². The number of nitrogens with zero attached hydrogens (tertiary/aromatic N) is 3. The van der Waals surface area contributed by atoms with Gasteiger partial charge in [-0.1, -0.05) is 24.3 Å². The van der Waals surface area contributed by atoms with E-state index < -0.39 is 11.7 Å². The molecule has 9 heteroatoms. The minimum Gasteiger partial charge on any atom is -0.348 e. The number of pyridine rings is 1. The quantitative estimate of drug-likeness (QED) is 0.323. The largest absolute Gasteiger partial charge is 0.348 e. The summed E-state index contributed by atoms with van der Waals surface area (Å²) in [7, 11) is 0. The zero-order valence-corrected chi connectivity index (χ0v) is 20.2. The number of anilines is 1. The molecule has 2 amide bonds. The van der Waals surface area contributed by atoms with Crippen LogP contribution in [-0.2, 0) is 13.1 Å². The molecule has 3 aromatic heterocycles. The molecule has 2 aromatic carbocycles. The number of hydrogen-bond donors (Lipinski definition) is 2. The van der Waals surface area contributed by atoms with E-state index in [4.69, 9.17) is 0 Å². The van der Waals surface area contributed by atoms with Crippen LogP contribution in [0.25, 0.3) is 11.0 Å². The summed E-state index contributed by atoms with van der Waals surface area (Å²) in [4.78, 5) is 31.3. The van der Waals surface area contributed by atoms with Crippen molar-refractivity contribution in [3.63, 3.8) is 0 Å². The Morgan fingerprint density at radius 1 is 1.03 bits per heavy atom. The first-order chi connectivity index (χ1) is 17.5. The van der Waals surface area contributed by atoms with Crippen LogP contribution < -0.4 is 10.6 Å². The number of benzene rings is 2. The number of rotatable bonds is 7. The van der Waals surface area contributed by atoms with Crippen molar-refractivity contribution in [2.24, 2.45) is 0 Å². The minimum atomic E-state index is -0.475. The maximum atomic E-state index is 13.4. The highest BCUT2D eigenvalue weighted by Gasteiger charge is 2.16. The van der Waals surface area contributed by atoms with Crippen LogP contribution in [0.2, 0.25) is 0 Å². The maximum absolute atomic E-state index is 13.4. The minimum absolute atomic E-state index is 0.227. The van der Waals surface area contributed by atoms with Crippen molar-refractivity contribution in [1.82, 2.24) is 20.1 Å². The number of carbonyl (C=O) groups is 2. The summed E-state index contributed by atoms with van der Waals surface area (Å²) < 4.78 is 15.2. The van der Waals surface area contributed by atoms with Gasteiger partial charge in [0, 0.05) is 28.4 Å². The van der Waals surface area contributed by atoms with Gasteiger partial charge in [-0.25, -0.2) is 14.1 Å². The van der Waals surface area contributed by atoms with Crippen LogP contribution in [0.3, 0.4) is 0 Å². The van der Waals surface area contributed by atoms with Crippen LogP contribution in [-0.4, -0.2) is 26.6 Å². The molecule has 180 valence electrons. The van der Waals surface area contributed by atoms with Crippen molar-refractivity contribution in [1.29, 1.82) is 0 Å². The lowest BCUT2D eigenvalue weighted by Gasteiger charge is -2.10. The number of carbonyl (C=O) groups excluding carboxylic acids is 2. The van der Waals surface area contributed by atoms with E-state index in [2.05, 4.69) is 20.7 Å². The van der Waals surface area contributed by atoms with E-state index in [0.717, 1.165) is 16.1 Å².